The van der Waals surface area contributed by atoms with Crippen LogP contribution in [0.3, 0.4) is 0 Å². The van der Waals surface area contributed by atoms with Gasteiger partial charge in [0.2, 0.25) is 5.91 Å². The molecule has 1 amide bonds. The minimum atomic E-state index is 0.0405. The van der Waals surface area contributed by atoms with Gasteiger partial charge < -0.3 is 10.4 Å². The van der Waals surface area contributed by atoms with E-state index in [1.54, 1.807) is 11.3 Å². The van der Waals surface area contributed by atoms with Gasteiger partial charge in [0.1, 0.15) is 0 Å². The second kappa shape index (κ2) is 6.14. The number of nitrogens with zero attached hydrogens (tertiary/aromatic N) is 1. The first-order chi connectivity index (χ1) is 8.29. The van der Waals surface area contributed by atoms with Crippen LogP contribution in [-0.2, 0) is 11.3 Å². The van der Waals surface area contributed by atoms with Crippen LogP contribution in [0.15, 0.2) is 17.5 Å². The molecular formula is C12H18N2O2S. The van der Waals surface area contributed by atoms with Gasteiger partial charge in [0.15, 0.2) is 0 Å². The van der Waals surface area contributed by atoms with Crippen LogP contribution >= 0.6 is 11.3 Å². The fraction of sp³-hybridized carbons (Fsp3) is 0.583. The lowest BCUT2D eigenvalue weighted by Crippen LogP contribution is -2.39. The molecule has 0 saturated heterocycles. The first-order valence-electron chi connectivity index (χ1n) is 5.93. The van der Waals surface area contributed by atoms with Crippen molar-refractivity contribution >= 4 is 17.2 Å². The molecular weight excluding hydrogens is 236 g/mol. The Bertz CT molecular complexity index is 349. The maximum absolute atomic E-state index is 11.7. The third-order valence-electron chi connectivity index (χ3n) is 2.84. The topological polar surface area (TPSA) is 52.6 Å². The summed E-state index contributed by atoms with van der Waals surface area (Å²) in [4.78, 5) is 15.0. The van der Waals surface area contributed by atoms with Crippen molar-refractivity contribution in [3.63, 3.8) is 0 Å². The van der Waals surface area contributed by atoms with Gasteiger partial charge in [-0.15, -0.1) is 11.3 Å². The van der Waals surface area contributed by atoms with Crippen LogP contribution in [0, 0.1) is 0 Å². The average Bonchev–Trinajstić information content (AvgIpc) is 3.03. The molecule has 1 saturated carbocycles. The summed E-state index contributed by atoms with van der Waals surface area (Å²) in [7, 11) is 0. The van der Waals surface area contributed by atoms with Crippen LogP contribution < -0.4 is 5.32 Å². The molecule has 1 aromatic heterocycles. The molecule has 1 aromatic rings. The van der Waals surface area contributed by atoms with E-state index < -0.39 is 0 Å². The van der Waals surface area contributed by atoms with Crippen LogP contribution in [0.2, 0.25) is 0 Å². The van der Waals surface area contributed by atoms with Gasteiger partial charge in [0, 0.05) is 17.5 Å². The predicted octanol–water partition coefficient (Wildman–Crippen LogP) is 0.821. The van der Waals surface area contributed by atoms with E-state index in [2.05, 4.69) is 10.2 Å². The largest absolute Gasteiger partial charge is 0.395 e. The maximum Gasteiger partial charge on any atom is 0.234 e. The highest BCUT2D eigenvalue weighted by Gasteiger charge is 2.29. The lowest BCUT2D eigenvalue weighted by atomic mass is 10.4. The third-order valence-corrected chi connectivity index (χ3v) is 3.71. The Kier molecular flexibility index (Phi) is 4.53. The van der Waals surface area contributed by atoms with Crippen molar-refractivity contribution in [1.82, 2.24) is 10.2 Å². The number of rotatable bonds is 7. The molecule has 2 rings (SSSR count). The minimum Gasteiger partial charge on any atom is -0.395 e. The molecule has 0 unspecified atom stereocenters. The van der Waals surface area contributed by atoms with Crippen molar-refractivity contribution in [2.45, 2.75) is 25.4 Å². The number of aliphatic hydroxyl groups excluding tert-OH is 1. The predicted molar refractivity (Wildman–Crippen MR) is 67.8 cm³/mol. The minimum absolute atomic E-state index is 0.0405. The molecule has 0 radical (unpaired) electrons. The molecule has 1 heterocycles. The molecule has 2 N–H and O–H groups in total. The normalized spacial score (nSPS) is 15.2. The van der Waals surface area contributed by atoms with E-state index in [0.29, 0.717) is 25.7 Å². The van der Waals surface area contributed by atoms with Gasteiger partial charge in [-0.1, -0.05) is 6.07 Å². The molecule has 17 heavy (non-hydrogen) atoms. The number of carbonyl (C=O) groups is 1. The van der Waals surface area contributed by atoms with Gasteiger partial charge >= 0.3 is 0 Å². The zero-order valence-corrected chi connectivity index (χ0v) is 10.6. The Morgan fingerprint density at radius 3 is 3.00 bits per heavy atom. The summed E-state index contributed by atoms with van der Waals surface area (Å²) in [5, 5.41) is 13.8. The summed E-state index contributed by atoms with van der Waals surface area (Å²) in [6.07, 6.45) is 2.30. The van der Waals surface area contributed by atoms with Crippen molar-refractivity contribution in [3.05, 3.63) is 22.4 Å². The summed E-state index contributed by atoms with van der Waals surface area (Å²) in [6.45, 7) is 1.72. The van der Waals surface area contributed by atoms with Crippen molar-refractivity contribution < 1.29 is 9.90 Å². The molecule has 94 valence electrons. The van der Waals surface area contributed by atoms with Crippen LogP contribution in [0.1, 0.15) is 17.7 Å². The van der Waals surface area contributed by atoms with E-state index in [4.69, 9.17) is 5.11 Å². The molecule has 1 aliphatic carbocycles. The number of hydrogen-bond donors (Lipinski definition) is 2. The second-order valence-electron chi connectivity index (χ2n) is 4.28. The Hall–Kier alpha value is -0.910. The molecule has 0 bridgehead atoms. The third kappa shape index (κ3) is 4.11. The number of carbonyl (C=O) groups excluding carboxylic acids is 1. The Labute approximate surface area is 105 Å². The lowest BCUT2D eigenvalue weighted by molar-refractivity contribution is -0.122. The maximum atomic E-state index is 11.7. The van der Waals surface area contributed by atoms with E-state index >= 15 is 0 Å². The summed E-state index contributed by atoms with van der Waals surface area (Å²) in [6, 6.07) is 4.50. The number of hydrogen-bond acceptors (Lipinski definition) is 4. The van der Waals surface area contributed by atoms with Gasteiger partial charge in [-0.2, -0.15) is 0 Å². The average molecular weight is 254 g/mol. The Balaban J connectivity index is 1.71. The molecule has 0 atom stereocenters. The van der Waals surface area contributed by atoms with Gasteiger partial charge in [0.05, 0.1) is 19.7 Å². The lowest BCUT2D eigenvalue weighted by Gasteiger charge is -2.19. The Morgan fingerprint density at radius 1 is 1.59 bits per heavy atom. The number of amides is 1. The highest BCUT2D eigenvalue weighted by atomic mass is 32.1. The summed E-state index contributed by atoms with van der Waals surface area (Å²) >= 11 is 1.64. The van der Waals surface area contributed by atoms with E-state index in [0.717, 1.165) is 12.8 Å². The smallest absolute Gasteiger partial charge is 0.234 e. The second-order valence-corrected chi connectivity index (χ2v) is 5.31. The molecule has 0 aliphatic heterocycles. The Morgan fingerprint density at radius 2 is 2.41 bits per heavy atom. The zero-order chi connectivity index (χ0) is 12.1. The summed E-state index contributed by atoms with van der Waals surface area (Å²) in [5.74, 6) is 0.0405. The monoisotopic (exact) mass is 254 g/mol. The summed E-state index contributed by atoms with van der Waals surface area (Å²) in [5.41, 5.74) is 0. The number of aliphatic hydroxyl groups is 1. The highest BCUT2D eigenvalue weighted by molar-refractivity contribution is 7.09. The fourth-order valence-corrected chi connectivity index (χ4v) is 2.44. The quantitative estimate of drug-likeness (QED) is 0.757. The van der Waals surface area contributed by atoms with E-state index in [-0.39, 0.29) is 12.5 Å². The van der Waals surface area contributed by atoms with Crippen LogP contribution in [0.4, 0.5) is 0 Å². The van der Waals surface area contributed by atoms with Crippen LogP contribution in [0.5, 0.6) is 0 Å². The van der Waals surface area contributed by atoms with Gasteiger partial charge in [-0.3, -0.25) is 9.69 Å². The van der Waals surface area contributed by atoms with Crippen molar-refractivity contribution in [2.24, 2.45) is 0 Å². The van der Waals surface area contributed by atoms with Crippen LogP contribution in [-0.4, -0.2) is 41.7 Å². The van der Waals surface area contributed by atoms with E-state index in [9.17, 15) is 4.79 Å². The van der Waals surface area contributed by atoms with E-state index in [1.807, 2.05) is 17.5 Å². The molecule has 1 fully saturated rings. The van der Waals surface area contributed by atoms with Gasteiger partial charge in [0.25, 0.3) is 0 Å². The first-order valence-corrected chi connectivity index (χ1v) is 6.81. The van der Waals surface area contributed by atoms with Crippen LogP contribution in [0.25, 0.3) is 0 Å². The zero-order valence-electron chi connectivity index (χ0n) is 9.76. The van der Waals surface area contributed by atoms with Gasteiger partial charge in [-0.05, 0) is 24.3 Å². The number of thiophene rings is 1. The highest BCUT2D eigenvalue weighted by Crippen LogP contribution is 2.25. The summed E-state index contributed by atoms with van der Waals surface area (Å²) < 4.78 is 0. The van der Waals surface area contributed by atoms with Crippen molar-refractivity contribution in [3.8, 4) is 0 Å². The number of nitrogens with one attached hydrogen (secondary N) is 1. The molecule has 4 nitrogen and oxygen atoms in total. The first kappa shape index (κ1) is 12.5. The van der Waals surface area contributed by atoms with Crippen molar-refractivity contribution in [2.75, 3.05) is 19.7 Å². The molecule has 0 aromatic carbocycles. The van der Waals surface area contributed by atoms with E-state index in [1.165, 1.54) is 4.88 Å². The molecule has 5 heteroatoms. The SMILES string of the molecule is O=C(CN(CCO)C1CC1)NCc1cccs1. The standard InChI is InChI=1S/C12H18N2O2S/c15-6-5-14(10-3-4-10)9-12(16)13-8-11-2-1-7-17-11/h1-2,7,10,15H,3-6,8-9H2,(H,13,16). The molecule has 0 spiro atoms. The fourth-order valence-electron chi connectivity index (χ4n) is 1.80. The van der Waals surface area contributed by atoms with Gasteiger partial charge in [-0.25, -0.2) is 0 Å². The van der Waals surface area contributed by atoms with Crippen molar-refractivity contribution in [1.29, 1.82) is 0 Å². The molecule has 1 aliphatic rings.